The maximum absolute atomic E-state index is 12.8. The largest absolute Gasteiger partial charge is 0.456 e. The second kappa shape index (κ2) is 8.28. The molecular weight excluding hydrogens is 380 g/mol. The van der Waals surface area contributed by atoms with Crippen molar-refractivity contribution in [2.75, 3.05) is 11.5 Å². The summed E-state index contributed by atoms with van der Waals surface area (Å²) in [4.78, 5) is 25.4. The Morgan fingerprint density at radius 1 is 1.36 bits per heavy atom. The van der Waals surface area contributed by atoms with E-state index in [0.29, 0.717) is 40.5 Å². The number of hydrogen-bond donors (Lipinski definition) is 1. The highest BCUT2D eigenvalue weighted by atomic mass is 35.5. The fraction of sp³-hybridized carbons (Fsp3) is 0.300. The fourth-order valence-electron chi connectivity index (χ4n) is 3.40. The third-order valence-corrected chi connectivity index (χ3v) is 4.86. The van der Waals surface area contributed by atoms with Gasteiger partial charge in [-0.15, -0.1) is 0 Å². The van der Waals surface area contributed by atoms with Gasteiger partial charge in [0.2, 0.25) is 0 Å². The van der Waals surface area contributed by atoms with Gasteiger partial charge in [0.05, 0.1) is 17.6 Å². The summed E-state index contributed by atoms with van der Waals surface area (Å²) < 4.78 is 4.88. The third kappa shape index (κ3) is 3.51. The number of rotatable bonds is 5. The van der Waals surface area contributed by atoms with E-state index in [1.807, 2.05) is 25.1 Å². The number of nitriles is 1. The molecule has 3 rings (SSSR count). The van der Waals surface area contributed by atoms with E-state index in [1.165, 1.54) is 11.8 Å². The number of aromatic nitrogens is 2. The summed E-state index contributed by atoms with van der Waals surface area (Å²) in [6.45, 7) is 2.77. The number of fused-ring (bicyclic) bond motifs is 1. The minimum absolute atomic E-state index is 0.393. The van der Waals surface area contributed by atoms with Gasteiger partial charge in [-0.2, -0.15) is 10.4 Å². The number of carbonyl (C=O) groups is 2. The van der Waals surface area contributed by atoms with Crippen molar-refractivity contribution in [1.82, 2.24) is 10.2 Å². The fourth-order valence-corrected chi connectivity index (χ4v) is 3.64. The van der Waals surface area contributed by atoms with Crippen molar-refractivity contribution >= 4 is 29.3 Å². The number of nitrogens with one attached hydrogen (secondary N) is 1. The lowest BCUT2D eigenvalue weighted by molar-refractivity contribution is -0.145. The Morgan fingerprint density at radius 3 is 2.75 bits per heavy atom. The van der Waals surface area contributed by atoms with Crippen molar-refractivity contribution in [3.63, 3.8) is 0 Å². The molecule has 144 valence electrons. The van der Waals surface area contributed by atoms with Gasteiger partial charge in [0, 0.05) is 29.4 Å². The number of allylic oxidation sites excluding steroid dienone is 2. The highest BCUT2D eigenvalue weighted by Crippen LogP contribution is 2.46. The van der Waals surface area contributed by atoms with Crippen LogP contribution in [0, 0.1) is 11.3 Å². The molecule has 1 aromatic carbocycles. The Hall–Kier alpha value is -3.11. The van der Waals surface area contributed by atoms with Crippen LogP contribution in [0.5, 0.6) is 0 Å². The topological polar surface area (TPSA) is 99.1 Å². The number of benzene rings is 1. The summed E-state index contributed by atoms with van der Waals surface area (Å²) in [7, 11) is 0. The van der Waals surface area contributed by atoms with E-state index in [4.69, 9.17) is 16.3 Å². The third-order valence-electron chi connectivity index (χ3n) is 4.51. The van der Waals surface area contributed by atoms with Crippen molar-refractivity contribution in [2.45, 2.75) is 32.6 Å². The molecule has 1 atom stereocenters. The Labute approximate surface area is 167 Å². The maximum atomic E-state index is 12.8. The van der Waals surface area contributed by atoms with Crippen molar-refractivity contribution < 1.29 is 14.3 Å². The Kier molecular flexibility index (Phi) is 5.81. The number of nitrogens with zero attached hydrogens (tertiary/aromatic N) is 3. The molecule has 0 saturated heterocycles. The van der Waals surface area contributed by atoms with Gasteiger partial charge in [-0.05, 0) is 18.1 Å². The highest BCUT2D eigenvalue weighted by Gasteiger charge is 2.39. The first kappa shape index (κ1) is 19.6. The van der Waals surface area contributed by atoms with E-state index in [-0.39, 0.29) is 0 Å². The van der Waals surface area contributed by atoms with Crippen LogP contribution in [0.2, 0.25) is 5.02 Å². The van der Waals surface area contributed by atoms with E-state index in [1.54, 1.807) is 12.3 Å². The molecule has 0 saturated carbocycles. The van der Waals surface area contributed by atoms with Crippen LogP contribution < -0.4 is 4.90 Å². The zero-order valence-corrected chi connectivity index (χ0v) is 16.3. The second-order valence-electron chi connectivity index (χ2n) is 6.35. The number of aromatic amines is 1. The summed E-state index contributed by atoms with van der Waals surface area (Å²) in [5.74, 6) is -1.06. The van der Waals surface area contributed by atoms with Gasteiger partial charge < -0.3 is 4.74 Å². The lowest BCUT2D eigenvalue weighted by atomic mass is 9.82. The van der Waals surface area contributed by atoms with Gasteiger partial charge in [0.1, 0.15) is 0 Å². The first-order chi connectivity index (χ1) is 13.5. The Bertz CT molecular complexity index is 989. The Balaban J connectivity index is 2.18. The van der Waals surface area contributed by atoms with E-state index < -0.39 is 24.4 Å². The average Bonchev–Trinajstić information content (AvgIpc) is 3.15. The highest BCUT2D eigenvalue weighted by molar-refractivity contribution is 6.31. The summed E-state index contributed by atoms with van der Waals surface area (Å²) in [5, 5.41) is 17.5. The van der Waals surface area contributed by atoms with Crippen molar-refractivity contribution in [1.29, 1.82) is 5.26 Å². The molecule has 1 amide bonds. The monoisotopic (exact) mass is 398 g/mol. The number of anilines is 1. The van der Waals surface area contributed by atoms with Gasteiger partial charge >= 0.3 is 5.97 Å². The van der Waals surface area contributed by atoms with E-state index in [2.05, 4.69) is 16.3 Å². The first-order valence-electron chi connectivity index (χ1n) is 8.87. The molecule has 8 heteroatoms. The molecule has 0 fully saturated rings. The van der Waals surface area contributed by atoms with E-state index >= 15 is 0 Å². The minimum Gasteiger partial charge on any atom is -0.456 e. The number of H-pyrrole nitrogens is 1. The summed E-state index contributed by atoms with van der Waals surface area (Å²) in [5.41, 5.74) is 2.41. The van der Waals surface area contributed by atoms with Gasteiger partial charge in [-0.25, -0.2) is 0 Å². The van der Waals surface area contributed by atoms with Crippen LogP contribution in [0.3, 0.4) is 0 Å². The van der Waals surface area contributed by atoms with Crippen LogP contribution in [0.4, 0.5) is 5.82 Å². The molecule has 1 unspecified atom stereocenters. The predicted octanol–water partition coefficient (Wildman–Crippen LogP) is 3.68. The van der Waals surface area contributed by atoms with Crippen LogP contribution in [-0.2, 0) is 14.3 Å². The molecule has 2 aromatic rings. The smallest absolute Gasteiger partial charge is 0.303 e. The number of amides is 1. The van der Waals surface area contributed by atoms with Gasteiger partial charge in [0.25, 0.3) is 5.91 Å². The second-order valence-corrected chi connectivity index (χ2v) is 6.76. The first-order valence-corrected chi connectivity index (χ1v) is 9.24. The molecule has 28 heavy (non-hydrogen) atoms. The average molecular weight is 399 g/mol. The molecular formula is C20H19ClN4O3. The molecule has 1 aliphatic rings. The quantitative estimate of drug-likeness (QED) is 0.774. The lowest BCUT2D eigenvalue weighted by Gasteiger charge is -2.33. The van der Waals surface area contributed by atoms with Crippen molar-refractivity contribution in [2.24, 2.45) is 0 Å². The molecule has 1 aromatic heterocycles. The van der Waals surface area contributed by atoms with Crippen LogP contribution >= 0.6 is 11.6 Å². The van der Waals surface area contributed by atoms with Crippen LogP contribution in [-0.4, -0.2) is 28.7 Å². The molecule has 1 N–H and O–H groups in total. The van der Waals surface area contributed by atoms with Crippen LogP contribution in [0.25, 0.3) is 0 Å². The summed E-state index contributed by atoms with van der Waals surface area (Å²) in [6, 6.07) is 9.58. The number of carbonyl (C=O) groups excluding carboxylic acids is 2. The molecule has 2 heterocycles. The number of hydrogen-bond acceptors (Lipinski definition) is 5. The standard InChI is InChI=1S/C20H19ClN4O3/c1-3-6-17-14(9-22)19(13-7-4-5-8-16(13)21)15-10-23-24-20(15)25(17)18(27)11-28-12(2)26/h4-5,7-8,10,19H,3,6,11H2,1-2H3,(H,23,24). The number of esters is 1. The van der Waals surface area contributed by atoms with Crippen molar-refractivity contribution in [3.8, 4) is 6.07 Å². The predicted molar refractivity (Wildman–Crippen MR) is 104 cm³/mol. The maximum Gasteiger partial charge on any atom is 0.303 e. The van der Waals surface area contributed by atoms with Crippen molar-refractivity contribution in [3.05, 3.63) is 57.9 Å². The number of ether oxygens (including phenoxy) is 1. The molecule has 1 aliphatic heterocycles. The van der Waals surface area contributed by atoms with Crippen LogP contribution in [0.15, 0.2) is 41.7 Å². The number of halogens is 1. The molecule has 0 spiro atoms. The molecule has 0 aliphatic carbocycles. The minimum atomic E-state index is -0.553. The summed E-state index contributed by atoms with van der Waals surface area (Å²) >= 11 is 6.42. The van der Waals surface area contributed by atoms with Crippen LogP contribution in [0.1, 0.15) is 43.7 Å². The lowest BCUT2D eigenvalue weighted by Crippen LogP contribution is -2.38. The molecule has 0 bridgehead atoms. The van der Waals surface area contributed by atoms with E-state index in [0.717, 1.165) is 5.56 Å². The normalized spacial score (nSPS) is 15.8. The Morgan fingerprint density at radius 2 is 2.11 bits per heavy atom. The molecule has 0 radical (unpaired) electrons. The van der Waals surface area contributed by atoms with E-state index in [9.17, 15) is 14.9 Å². The van der Waals surface area contributed by atoms with Gasteiger partial charge in [0.15, 0.2) is 12.4 Å². The van der Waals surface area contributed by atoms with Gasteiger partial charge in [-0.1, -0.05) is 43.1 Å². The van der Waals surface area contributed by atoms with Gasteiger partial charge in [-0.3, -0.25) is 19.6 Å². The SMILES string of the molecule is CCCC1=C(C#N)C(c2ccccc2Cl)c2c[nH]nc2N1C(=O)COC(C)=O. The zero-order valence-electron chi connectivity index (χ0n) is 15.5. The molecule has 7 nitrogen and oxygen atoms in total. The zero-order chi connectivity index (χ0) is 20.3. The summed E-state index contributed by atoms with van der Waals surface area (Å²) in [6.07, 6.45) is 2.87.